The molecule has 0 atom stereocenters. The summed E-state index contributed by atoms with van der Waals surface area (Å²) >= 11 is 0. The Bertz CT molecular complexity index is 538. The minimum Gasteiger partial charge on any atom is -0.330 e. The third-order valence-corrected chi connectivity index (χ3v) is 3.96. The smallest absolute Gasteiger partial charge is 0.00823 e. The fraction of sp³-hybridized carbons (Fsp3) is 0.333. The summed E-state index contributed by atoms with van der Waals surface area (Å²) in [6, 6.07) is 13.2. The van der Waals surface area contributed by atoms with Gasteiger partial charge in [-0.3, -0.25) is 0 Å². The fourth-order valence-electron chi connectivity index (χ4n) is 2.66. The summed E-state index contributed by atoms with van der Waals surface area (Å²) in [6.07, 6.45) is 2.49. The molecular weight excluding hydrogens is 194 g/mol. The van der Waals surface area contributed by atoms with Crippen molar-refractivity contribution in [1.82, 2.24) is 0 Å². The highest BCUT2D eigenvalue weighted by molar-refractivity contribution is 5.89. The molecule has 1 heteroatoms. The van der Waals surface area contributed by atoms with Crippen molar-refractivity contribution >= 4 is 10.8 Å². The minimum atomic E-state index is 0.285. The van der Waals surface area contributed by atoms with Gasteiger partial charge in [-0.25, -0.2) is 0 Å². The topological polar surface area (TPSA) is 26.0 Å². The molecule has 0 aliphatic heterocycles. The van der Waals surface area contributed by atoms with Gasteiger partial charge in [0.25, 0.3) is 0 Å². The third-order valence-electron chi connectivity index (χ3n) is 3.96. The molecule has 0 saturated heterocycles. The zero-order valence-electron chi connectivity index (χ0n) is 9.66. The van der Waals surface area contributed by atoms with Crippen molar-refractivity contribution in [3.63, 3.8) is 0 Å². The summed E-state index contributed by atoms with van der Waals surface area (Å²) in [7, 11) is 0. The van der Waals surface area contributed by atoms with Crippen molar-refractivity contribution in [2.24, 2.45) is 5.73 Å². The van der Waals surface area contributed by atoms with Gasteiger partial charge in [-0.1, -0.05) is 36.4 Å². The number of benzene rings is 2. The lowest BCUT2D eigenvalue weighted by Gasteiger charge is -2.16. The van der Waals surface area contributed by atoms with Crippen LogP contribution < -0.4 is 5.73 Å². The second-order valence-corrected chi connectivity index (χ2v) is 4.96. The molecule has 1 aliphatic rings. The Balaban J connectivity index is 2.30. The molecule has 1 saturated carbocycles. The van der Waals surface area contributed by atoms with Crippen molar-refractivity contribution in [3.8, 4) is 0 Å². The van der Waals surface area contributed by atoms with Crippen LogP contribution in [-0.2, 0) is 5.41 Å². The van der Waals surface area contributed by atoms with Gasteiger partial charge < -0.3 is 5.73 Å². The molecule has 0 heterocycles. The predicted octanol–water partition coefficient (Wildman–Crippen LogP) is 3.14. The first-order valence-electron chi connectivity index (χ1n) is 5.96. The van der Waals surface area contributed by atoms with E-state index >= 15 is 0 Å². The second-order valence-electron chi connectivity index (χ2n) is 4.96. The predicted molar refractivity (Wildman–Crippen MR) is 68.7 cm³/mol. The Morgan fingerprint density at radius 3 is 2.44 bits per heavy atom. The van der Waals surface area contributed by atoms with Crippen molar-refractivity contribution in [2.45, 2.75) is 25.2 Å². The standard InChI is InChI=1S/C15H17N/c1-11-4-2-6-13-12(11)5-3-7-14(13)15(10-16)8-9-15/h2-7H,8-10,16H2,1H3. The Kier molecular flexibility index (Phi) is 2.05. The molecule has 1 aliphatic carbocycles. The van der Waals surface area contributed by atoms with Gasteiger partial charge in [0.15, 0.2) is 0 Å². The molecule has 1 nitrogen and oxygen atoms in total. The molecule has 0 bridgehead atoms. The maximum absolute atomic E-state index is 5.93. The second kappa shape index (κ2) is 3.33. The lowest BCUT2D eigenvalue weighted by molar-refractivity contribution is 0.711. The number of hydrogen-bond acceptors (Lipinski definition) is 1. The Morgan fingerprint density at radius 1 is 1.06 bits per heavy atom. The summed E-state index contributed by atoms with van der Waals surface area (Å²) < 4.78 is 0. The van der Waals surface area contributed by atoms with Crippen LogP contribution in [0.25, 0.3) is 10.8 Å². The van der Waals surface area contributed by atoms with Gasteiger partial charge in [0.2, 0.25) is 0 Å². The third kappa shape index (κ3) is 1.28. The van der Waals surface area contributed by atoms with Crippen LogP contribution in [0.2, 0.25) is 0 Å². The largest absolute Gasteiger partial charge is 0.330 e. The fourth-order valence-corrected chi connectivity index (χ4v) is 2.66. The van der Waals surface area contributed by atoms with E-state index in [0.717, 1.165) is 6.54 Å². The van der Waals surface area contributed by atoms with Crippen LogP contribution in [0.5, 0.6) is 0 Å². The van der Waals surface area contributed by atoms with E-state index < -0.39 is 0 Å². The van der Waals surface area contributed by atoms with E-state index in [4.69, 9.17) is 5.73 Å². The normalized spacial score (nSPS) is 17.6. The first-order chi connectivity index (χ1) is 7.77. The average Bonchev–Trinajstić information content (AvgIpc) is 3.10. The van der Waals surface area contributed by atoms with Crippen molar-refractivity contribution in [3.05, 3.63) is 47.5 Å². The quantitative estimate of drug-likeness (QED) is 0.811. The van der Waals surface area contributed by atoms with E-state index in [-0.39, 0.29) is 5.41 Å². The van der Waals surface area contributed by atoms with Gasteiger partial charge in [-0.15, -0.1) is 0 Å². The lowest BCUT2D eigenvalue weighted by Crippen LogP contribution is -2.19. The van der Waals surface area contributed by atoms with Crippen LogP contribution in [0, 0.1) is 6.92 Å². The Labute approximate surface area is 96.3 Å². The van der Waals surface area contributed by atoms with E-state index in [1.807, 2.05) is 0 Å². The highest BCUT2D eigenvalue weighted by Gasteiger charge is 2.43. The van der Waals surface area contributed by atoms with E-state index in [2.05, 4.69) is 43.3 Å². The summed E-state index contributed by atoms with van der Waals surface area (Å²) in [5.74, 6) is 0. The number of nitrogens with two attached hydrogens (primary N) is 1. The first kappa shape index (κ1) is 9.86. The van der Waals surface area contributed by atoms with Crippen molar-refractivity contribution < 1.29 is 0 Å². The molecule has 2 aromatic carbocycles. The number of fused-ring (bicyclic) bond motifs is 1. The van der Waals surface area contributed by atoms with E-state index in [0.29, 0.717) is 0 Å². The van der Waals surface area contributed by atoms with Gasteiger partial charge in [-0.2, -0.15) is 0 Å². The van der Waals surface area contributed by atoms with Gasteiger partial charge in [-0.05, 0) is 41.7 Å². The lowest BCUT2D eigenvalue weighted by atomic mass is 9.90. The van der Waals surface area contributed by atoms with E-state index in [1.165, 1.54) is 34.7 Å². The van der Waals surface area contributed by atoms with E-state index in [1.54, 1.807) is 0 Å². The van der Waals surface area contributed by atoms with Crippen LogP contribution in [-0.4, -0.2) is 6.54 Å². The molecule has 82 valence electrons. The molecular formula is C15H17N. The zero-order chi connectivity index (χ0) is 11.2. The average molecular weight is 211 g/mol. The van der Waals surface area contributed by atoms with Crippen LogP contribution in [0.1, 0.15) is 24.0 Å². The van der Waals surface area contributed by atoms with Crippen LogP contribution >= 0.6 is 0 Å². The molecule has 0 aromatic heterocycles. The molecule has 0 spiro atoms. The highest BCUT2D eigenvalue weighted by Crippen LogP contribution is 2.49. The van der Waals surface area contributed by atoms with Crippen LogP contribution in [0.3, 0.4) is 0 Å². The summed E-state index contributed by atoms with van der Waals surface area (Å²) in [4.78, 5) is 0. The summed E-state index contributed by atoms with van der Waals surface area (Å²) in [5, 5.41) is 2.77. The zero-order valence-corrected chi connectivity index (χ0v) is 9.66. The minimum absolute atomic E-state index is 0.285. The maximum Gasteiger partial charge on any atom is 0.00823 e. The van der Waals surface area contributed by atoms with Crippen molar-refractivity contribution in [1.29, 1.82) is 0 Å². The van der Waals surface area contributed by atoms with Gasteiger partial charge in [0.1, 0.15) is 0 Å². The highest BCUT2D eigenvalue weighted by atomic mass is 14.7. The summed E-state index contributed by atoms with van der Waals surface area (Å²) in [6.45, 7) is 2.95. The Hall–Kier alpha value is -1.34. The SMILES string of the molecule is Cc1cccc2c(C3(CN)CC3)cccc12. The molecule has 2 N–H and O–H groups in total. The van der Waals surface area contributed by atoms with Crippen LogP contribution in [0.4, 0.5) is 0 Å². The van der Waals surface area contributed by atoms with Crippen molar-refractivity contribution in [2.75, 3.05) is 6.54 Å². The molecule has 1 fully saturated rings. The molecule has 16 heavy (non-hydrogen) atoms. The molecule has 0 radical (unpaired) electrons. The number of hydrogen-bond donors (Lipinski definition) is 1. The molecule has 0 unspecified atom stereocenters. The van der Waals surface area contributed by atoms with Gasteiger partial charge >= 0.3 is 0 Å². The van der Waals surface area contributed by atoms with Crippen LogP contribution in [0.15, 0.2) is 36.4 Å². The Morgan fingerprint density at radius 2 is 1.75 bits per heavy atom. The maximum atomic E-state index is 5.93. The monoisotopic (exact) mass is 211 g/mol. The molecule has 0 amide bonds. The first-order valence-corrected chi connectivity index (χ1v) is 5.96. The van der Waals surface area contributed by atoms with Gasteiger partial charge in [0.05, 0.1) is 0 Å². The van der Waals surface area contributed by atoms with E-state index in [9.17, 15) is 0 Å². The van der Waals surface area contributed by atoms with Gasteiger partial charge in [0, 0.05) is 12.0 Å². The number of rotatable bonds is 2. The summed E-state index contributed by atoms with van der Waals surface area (Å²) in [5.41, 5.74) is 9.02. The molecule has 2 aromatic rings. The molecule has 3 rings (SSSR count). The number of aryl methyl sites for hydroxylation is 1.